The number of hydrogen-bond donors (Lipinski definition) is 2. The summed E-state index contributed by atoms with van der Waals surface area (Å²) in [5.74, 6) is 0.0490. The molecule has 0 saturated heterocycles. The number of benzene rings is 1. The highest BCUT2D eigenvalue weighted by molar-refractivity contribution is 5.81. The zero-order valence-electron chi connectivity index (χ0n) is 12.7. The second-order valence-electron chi connectivity index (χ2n) is 5.56. The van der Waals surface area contributed by atoms with Gasteiger partial charge >= 0.3 is 0 Å². The van der Waals surface area contributed by atoms with Gasteiger partial charge in [0, 0.05) is 0 Å². The maximum atomic E-state index is 13.3. The molecule has 3 aromatic rings. The first-order chi connectivity index (χ1) is 11.1. The first-order valence-electron chi connectivity index (χ1n) is 7.42. The summed E-state index contributed by atoms with van der Waals surface area (Å²) in [6.45, 7) is 1.71. The Balaban J connectivity index is 1.87. The van der Waals surface area contributed by atoms with E-state index in [9.17, 15) is 9.50 Å². The Morgan fingerprint density at radius 2 is 2.13 bits per heavy atom. The van der Waals surface area contributed by atoms with E-state index in [1.165, 1.54) is 18.5 Å². The van der Waals surface area contributed by atoms with Crippen LogP contribution in [-0.4, -0.2) is 30.7 Å². The van der Waals surface area contributed by atoms with Crippen LogP contribution in [0.1, 0.15) is 24.9 Å². The van der Waals surface area contributed by atoms with Crippen molar-refractivity contribution in [3.63, 3.8) is 0 Å². The lowest BCUT2D eigenvalue weighted by atomic mass is 10.0. The third-order valence-corrected chi connectivity index (χ3v) is 3.92. The summed E-state index contributed by atoms with van der Waals surface area (Å²) >= 11 is 0. The molecular weight excluding hydrogens is 297 g/mol. The van der Waals surface area contributed by atoms with Crippen LogP contribution in [0.5, 0.6) is 0 Å². The molecule has 3 rings (SSSR count). The highest BCUT2D eigenvalue weighted by Crippen LogP contribution is 2.25. The van der Waals surface area contributed by atoms with Gasteiger partial charge < -0.3 is 15.4 Å². The van der Waals surface area contributed by atoms with E-state index in [2.05, 4.69) is 15.0 Å². The fourth-order valence-electron chi connectivity index (χ4n) is 2.73. The van der Waals surface area contributed by atoms with E-state index >= 15 is 0 Å². The molecule has 7 heteroatoms. The van der Waals surface area contributed by atoms with E-state index in [0.717, 1.165) is 5.56 Å². The second kappa shape index (κ2) is 6.29. The van der Waals surface area contributed by atoms with Gasteiger partial charge in [0.2, 0.25) is 0 Å². The van der Waals surface area contributed by atoms with Crippen molar-refractivity contribution in [2.45, 2.75) is 31.9 Å². The number of imidazole rings is 1. The highest BCUT2D eigenvalue weighted by Gasteiger charge is 2.21. The number of halogens is 1. The van der Waals surface area contributed by atoms with Gasteiger partial charge in [-0.05, 0) is 37.5 Å². The van der Waals surface area contributed by atoms with Crippen LogP contribution in [0.25, 0.3) is 11.2 Å². The smallest absolute Gasteiger partial charge is 0.165 e. The lowest BCUT2D eigenvalue weighted by Crippen LogP contribution is -2.22. The van der Waals surface area contributed by atoms with Crippen molar-refractivity contribution in [3.05, 3.63) is 48.3 Å². The van der Waals surface area contributed by atoms with Crippen LogP contribution in [0.3, 0.4) is 0 Å². The van der Waals surface area contributed by atoms with Crippen LogP contribution in [0, 0.1) is 5.82 Å². The zero-order valence-corrected chi connectivity index (χ0v) is 12.7. The van der Waals surface area contributed by atoms with Gasteiger partial charge in [0.15, 0.2) is 11.5 Å². The summed E-state index contributed by atoms with van der Waals surface area (Å²) in [6.07, 6.45) is 3.63. The Bertz CT molecular complexity index is 817. The monoisotopic (exact) mass is 315 g/mol. The van der Waals surface area contributed by atoms with Crippen molar-refractivity contribution in [2.24, 2.45) is 0 Å². The minimum atomic E-state index is -0.614. The third kappa shape index (κ3) is 3.14. The summed E-state index contributed by atoms with van der Waals surface area (Å²) in [5, 5.41) is 10.1. The summed E-state index contributed by atoms with van der Waals surface area (Å²) in [5.41, 5.74) is 7.78. The lowest BCUT2D eigenvalue weighted by molar-refractivity contribution is 0.126. The third-order valence-electron chi connectivity index (χ3n) is 3.92. The molecule has 3 N–H and O–H groups in total. The maximum absolute atomic E-state index is 13.3. The Morgan fingerprint density at radius 3 is 2.87 bits per heavy atom. The van der Waals surface area contributed by atoms with Gasteiger partial charge in [0.05, 0.1) is 18.5 Å². The van der Waals surface area contributed by atoms with Crippen molar-refractivity contribution in [1.82, 2.24) is 19.5 Å². The van der Waals surface area contributed by atoms with Crippen LogP contribution in [0.2, 0.25) is 0 Å². The maximum Gasteiger partial charge on any atom is 0.165 e. The van der Waals surface area contributed by atoms with Gasteiger partial charge in [-0.25, -0.2) is 19.3 Å². The first-order valence-corrected chi connectivity index (χ1v) is 7.42. The summed E-state index contributed by atoms with van der Waals surface area (Å²) in [4.78, 5) is 12.4. The average molecular weight is 315 g/mol. The molecule has 0 bridgehead atoms. The number of anilines is 1. The second-order valence-corrected chi connectivity index (χ2v) is 5.56. The Morgan fingerprint density at radius 1 is 1.30 bits per heavy atom. The molecule has 0 radical (unpaired) electrons. The van der Waals surface area contributed by atoms with Crippen molar-refractivity contribution in [3.8, 4) is 0 Å². The van der Waals surface area contributed by atoms with Crippen LogP contribution in [0.4, 0.5) is 10.2 Å². The molecule has 0 saturated carbocycles. The molecule has 0 aliphatic carbocycles. The number of nitrogens with zero attached hydrogens (tertiary/aromatic N) is 4. The standard InChI is InChI=1S/C16H18FN5O/c1-10(23)13(6-5-11-3-2-4-12(17)7-11)22-9-21-14-15(18)19-8-20-16(14)22/h2-4,7-10,13,23H,5-6H2,1H3,(H2,18,19,20)/t10-,13+/m0/s1. The van der Waals surface area contributed by atoms with Gasteiger partial charge in [-0.2, -0.15) is 0 Å². The fraction of sp³-hybridized carbons (Fsp3) is 0.312. The largest absolute Gasteiger partial charge is 0.391 e. The number of aromatic nitrogens is 4. The SMILES string of the molecule is C[C@H](O)[C@@H](CCc1cccc(F)c1)n1cnc2c(N)ncnc21. The molecule has 0 fully saturated rings. The normalized spacial score (nSPS) is 14.0. The molecule has 2 atom stereocenters. The average Bonchev–Trinajstić information content (AvgIpc) is 2.93. The minimum Gasteiger partial charge on any atom is -0.391 e. The summed E-state index contributed by atoms with van der Waals surface area (Å²) in [6, 6.07) is 6.23. The summed E-state index contributed by atoms with van der Waals surface area (Å²) < 4.78 is 15.1. The minimum absolute atomic E-state index is 0.238. The topological polar surface area (TPSA) is 89.8 Å². The molecule has 0 aliphatic heterocycles. The molecule has 0 unspecified atom stereocenters. The van der Waals surface area contributed by atoms with E-state index in [4.69, 9.17) is 5.73 Å². The van der Waals surface area contributed by atoms with Crippen LogP contribution >= 0.6 is 0 Å². The van der Waals surface area contributed by atoms with Crippen molar-refractivity contribution < 1.29 is 9.50 Å². The number of fused-ring (bicyclic) bond motifs is 1. The number of aryl methyl sites for hydroxylation is 1. The van der Waals surface area contributed by atoms with Gasteiger partial charge in [0.25, 0.3) is 0 Å². The van der Waals surface area contributed by atoms with Crippen LogP contribution in [0.15, 0.2) is 36.9 Å². The molecule has 1 aromatic carbocycles. The van der Waals surface area contributed by atoms with Crippen molar-refractivity contribution in [1.29, 1.82) is 0 Å². The quantitative estimate of drug-likeness (QED) is 0.752. The molecule has 0 amide bonds. The van der Waals surface area contributed by atoms with E-state index in [0.29, 0.717) is 29.8 Å². The molecule has 0 aliphatic rings. The molecule has 120 valence electrons. The van der Waals surface area contributed by atoms with E-state index in [-0.39, 0.29) is 11.9 Å². The van der Waals surface area contributed by atoms with Gasteiger partial charge in [-0.3, -0.25) is 0 Å². The highest BCUT2D eigenvalue weighted by atomic mass is 19.1. The van der Waals surface area contributed by atoms with Crippen molar-refractivity contribution >= 4 is 17.0 Å². The Labute approximate surface area is 132 Å². The predicted octanol–water partition coefficient (Wildman–Crippen LogP) is 2.10. The van der Waals surface area contributed by atoms with E-state index in [1.807, 2.05) is 6.07 Å². The zero-order chi connectivity index (χ0) is 16.4. The van der Waals surface area contributed by atoms with Crippen LogP contribution in [-0.2, 0) is 6.42 Å². The fourth-order valence-corrected chi connectivity index (χ4v) is 2.73. The predicted molar refractivity (Wildman–Crippen MR) is 85.2 cm³/mol. The summed E-state index contributed by atoms with van der Waals surface area (Å²) in [7, 11) is 0. The molecule has 6 nitrogen and oxygen atoms in total. The van der Waals surface area contributed by atoms with Gasteiger partial charge in [-0.1, -0.05) is 12.1 Å². The Kier molecular flexibility index (Phi) is 4.20. The van der Waals surface area contributed by atoms with E-state index < -0.39 is 6.10 Å². The van der Waals surface area contributed by atoms with Crippen molar-refractivity contribution in [2.75, 3.05) is 5.73 Å². The molecule has 23 heavy (non-hydrogen) atoms. The molecular formula is C16H18FN5O. The first kappa shape index (κ1) is 15.4. The number of rotatable bonds is 5. The lowest BCUT2D eigenvalue weighted by Gasteiger charge is -2.22. The molecule has 2 heterocycles. The number of nitrogens with two attached hydrogens (primary N) is 1. The number of nitrogen functional groups attached to an aromatic ring is 1. The Hall–Kier alpha value is -2.54. The van der Waals surface area contributed by atoms with Gasteiger partial charge in [0.1, 0.15) is 17.7 Å². The number of aliphatic hydroxyl groups excluding tert-OH is 1. The van der Waals surface area contributed by atoms with Gasteiger partial charge in [-0.15, -0.1) is 0 Å². The molecule has 0 spiro atoms. The number of hydrogen-bond acceptors (Lipinski definition) is 5. The van der Waals surface area contributed by atoms with Crippen LogP contribution < -0.4 is 5.73 Å². The van der Waals surface area contributed by atoms with E-state index in [1.54, 1.807) is 23.9 Å². The number of aliphatic hydroxyl groups is 1. The molecule has 2 aromatic heterocycles.